The summed E-state index contributed by atoms with van der Waals surface area (Å²) < 4.78 is 61.6. The molecule has 2 atom stereocenters. The van der Waals surface area contributed by atoms with Crippen molar-refractivity contribution in [1.29, 1.82) is 0 Å². The summed E-state index contributed by atoms with van der Waals surface area (Å²) in [6.45, 7) is -0.0580. The Morgan fingerprint density at radius 3 is 2.67 bits per heavy atom. The molecule has 0 spiro atoms. The van der Waals surface area contributed by atoms with Crippen LogP contribution in [0.5, 0.6) is 5.75 Å². The number of ether oxygens (including phenoxy) is 1. The summed E-state index contributed by atoms with van der Waals surface area (Å²) in [5.41, 5.74) is 2.14. The van der Waals surface area contributed by atoms with Gasteiger partial charge in [-0.05, 0) is 55.8 Å². The van der Waals surface area contributed by atoms with Crippen LogP contribution in [0, 0.1) is 11.8 Å². The Balaban J connectivity index is 1.59. The Morgan fingerprint density at radius 2 is 1.97 bits per heavy atom. The molecule has 0 radical (unpaired) electrons. The zero-order valence-corrected chi connectivity index (χ0v) is 22.0. The molecule has 7 nitrogen and oxygen atoms in total. The second-order valence-electron chi connectivity index (χ2n) is 9.44. The van der Waals surface area contributed by atoms with Crippen LogP contribution in [0.4, 0.5) is 28.9 Å². The number of aromatic nitrogens is 1. The predicted octanol–water partition coefficient (Wildman–Crippen LogP) is 4.49. The van der Waals surface area contributed by atoms with Crippen molar-refractivity contribution in [3.05, 3.63) is 53.7 Å². The number of rotatable bonds is 7. The maximum Gasteiger partial charge on any atom is 0.406 e. The topological polar surface area (TPSA) is 70.6 Å². The third kappa shape index (κ3) is 6.75. The normalized spacial score (nSPS) is 17.8. The third-order valence-corrected chi connectivity index (χ3v) is 6.64. The molecule has 1 aliphatic rings. The quantitative estimate of drug-likeness (QED) is 0.302. The maximum absolute atomic E-state index is 14.7. The summed E-state index contributed by atoms with van der Waals surface area (Å²) in [5, 5.41) is 9.38. The number of fused-ring (bicyclic) bond motifs is 1. The van der Waals surface area contributed by atoms with Crippen LogP contribution in [-0.2, 0) is 6.54 Å². The lowest BCUT2D eigenvalue weighted by molar-refractivity contribution is -0.140. The molecule has 39 heavy (non-hydrogen) atoms. The summed E-state index contributed by atoms with van der Waals surface area (Å²) in [5.74, 6) is 5.90. The first-order valence-corrected chi connectivity index (χ1v) is 12.5. The first kappa shape index (κ1) is 28.1. The van der Waals surface area contributed by atoms with E-state index in [1.165, 1.54) is 14.2 Å². The minimum Gasteiger partial charge on any atom is -0.495 e. The number of anilines is 2. The number of nitrogens with one attached hydrogen (secondary N) is 3. The van der Waals surface area contributed by atoms with Crippen molar-refractivity contribution in [2.75, 3.05) is 51.5 Å². The summed E-state index contributed by atoms with van der Waals surface area (Å²) in [7, 11) is 4.86. The van der Waals surface area contributed by atoms with Gasteiger partial charge in [-0.25, -0.2) is 4.39 Å². The second kappa shape index (κ2) is 11.9. The van der Waals surface area contributed by atoms with Crippen molar-refractivity contribution in [3.63, 3.8) is 0 Å². The molecular formula is C28H31F4N5O2. The fourth-order valence-electron chi connectivity index (χ4n) is 4.68. The van der Waals surface area contributed by atoms with Crippen LogP contribution < -0.4 is 20.7 Å². The van der Waals surface area contributed by atoms with E-state index in [9.17, 15) is 22.4 Å². The molecule has 11 heteroatoms. The second-order valence-corrected chi connectivity index (χ2v) is 9.44. The summed E-state index contributed by atoms with van der Waals surface area (Å²) >= 11 is 0. The van der Waals surface area contributed by atoms with Crippen LogP contribution in [0.1, 0.15) is 22.5 Å². The van der Waals surface area contributed by atoms with E-state index in [2.05, 4.69) is 27.8 Å². The molecule has 1 aliphatic heterocycles. The van der Waals surface area contributed by atoms with Gasteiger partial charge in [0, 0.05) is 36.8 Å². The number of carbonyl (C=O) groups excluding carboxylic acids is 1. The number of alkyl halides is 4. The molecule has 208 valence electrons. The molecular weight excluding hydrogens is 514 g/mol. The number of likely N-dealkylation sites (tertiary alicyclic amines) is 1. The highest BCUT2D eigenvalue weighted by atomic mass is 19.4. The summed E-state index contributed by atoms with van der Waals surface area (Å²) in [6.07, 6.45) is -4.96. The minimum absolute atomic E-state index is 0.119. The van der Waals surface area contributed by atoms with E-state index >= 15 is 0 Å². The lowest BCUT2D eigenvalue weighted by atomic mass is 10.0. The van der Waals surface area contributed by atoms with Gasteiger partial charge in [-0.15, -0.1) is 0 Å². The zero-order valence-electron chi connectivity index (χ0n) is 22.0. The molecule has 4 rings (SSSR count). The Hall–Kier alpha value is -3.91. The van der Waals surface area contributed by atoms with Crippen molar-refractivity contribution in [2.24, 2.45) is 0 Å². The largest absolute Gasteiger partial charge is 0.495 e. The minimum atomic E-state index is -4.46. The molecule has 1 aromatic heterocycles. The fourth-order valence-corrected chi connectivity index (χ4v) is 4.68. The van der Waals surface area contributed by atoms with Gasteiger partial charge in [-0.3, -0.25) is 4.79 Å². The molecule has 1 amide bonds. The number of nitrogens with zero attached hydrogens (tertiary/aromatic N) is 2. The van der Waals surface area contributed by atoms with Crippen LogP contribution in [0.15, 0.2) is 42.5 Å². The number of piperidine rings is 1. The van der Waals surface area contributed by atoms with Gasteiger partial charge in [-0.2, -0.15) is 13.2 Å². The molecule has 3 N–H and O–H groups in total. The van der Waals surface area contributed by atoms with E-state index < -0.39 is 24.9 Å². The van der Waals surface area contributed by atoms with Crippen LogP contribution in [0.25, 0.3) is 10.9 Å². The Bertz CT molecular complexity index is 1390. The van der Waals surface area contributed by atoms with Gasteiger partial charge in [0.05, 0.1) is 36.6 Å². The SMILES string of the molecule is CNC(=O)c1ccc(NCC#Cc2cc3c(N[C@H]4CCN(C)C[C@H]4F)cccc3n2CC(F)(F)F)c(OC)c1. The highest BCUT2D eigenvalue weighted by Crippen LogP contribution is 2.32. The fraction of sp³-hybridized carbons (Fsp3) is 0.393. The molecule has 1 fully saturated rings. The number of benzene rings is 2. The number of amides is 1. The Morgan fingerprint density at radius 1 is 1.18 bits per heavy atom. The first-order valence-electron chi connectivity index (χ1n) is 12.5. The molecule has 0 unspecified atom stereocenters. The van der Waals surface area contributed by atoms with Crippen LogP contribution in [0.2, 0.25) is 0 Å². The van der Waals surface area contributed by atoms with Crippen molar-refractivity contribution in [2.45, 2.75) is 31.4 Å². The molecule has 3 aromatic rings. The van der Waals surface area contributed by atoms with Crippen molar-refractivity contribution < 1.29 is 27.1 Å². The van der Waals surface area contributed by atoms with E-state index in [-0.39, 0.29) is 18.1 Å². The van der Waals surface area contributed by atoms with Crippen LogP contribution >= 0.6 is 0 Å². The van der Waals surface area contributed by atoms with Gasteiger partial charge in [-0.1, -0.05) is 12.0 Å². The third-order valence-electron chi connectivity index (χ3n) is 6.64. The van der Waals surface area contributed by atoms with E-state index in [1.54, 1.807) is 42.5 Å². The monoisotopic (exact) mass is 545 g/mol. The first-order chi connectivity index (χ1) is 18.6. The summed E-state index contributed by atoms with van der Waals surface area (Å²) in [4.78, 5) is 13.8. The average molecular weight is 546 g/mol. The Labute approximate surface area is 224 Å². The van der Waals surface area contributed by atoms with Crippen molar-refractivity contribution in [1.82, 2.24) is 14.8 Å². The maximum atomic E-state index is 14.7. The van der Waals surface area contributed by atoms with Crippen molar-refractivity contribution in [3.8, 4) is 17.6 Å². The molecule has 0 saturated carbocycles. The zero-order chi connectivity index (χ0) is 28.2. The van der Waals surface area contributed by atoms with E-state index in [1.807, 2.05) is 11.9 Å². The average Bonchev–Trinajstić information content (AvgIpc) is 3.24. The van der Waals surface area contributed by atoms with Gasteiger partial charge in [0.15, 0.2) is 0 Å². The molecule has 2 heterocycles. The van der Waals surface area contributed by atoms with Crippen LogP contribution in [-0.4, -0.2) is 74.6 Å². The smallest absolute Gasteiger partial charge is 0.406 e. The number of carbonyl (C=O) groups is 1. The van der Waals surface area contributed by atoms with Gasteiger partial charge in [0.2, 0.25) is 0 Å². The highest BCUT2D eigenvalue weighted by molar-refractivity contribution is 5.95. The van der Waals surface area contributed by atoms with Crippen molar-refractivity contribution >= 4 is 28.2 Å². The summed E-state index contributed by atoms with van der Waals surface area (Å²) in [6, 6.07) is 11.1. The molecule has 0 aliphatic carbocycles. The predicted molar refractivity (Wildman–Crippen MR) is 144 cm³/mol. The lowest BCUT2D eigenvalue weighted by Crippen LogP contribution is -2.46. The lowest BCUT2D eigenvalue weighted by Gasteiger charge is -2.33. The van der Waals surface area contributed by atoms with E-state index in [0.717, 1.165) is 11.1 Å². The molecule has 0 bridgehead atoms. The van der Waals surface area contributed by atoms with E-state index in [0.29, 0.717) is 46.6 Å². The van der Waals surface area contributed by atoms with Gasteiger partial charge in [0.25, 0.3) is 5.91 Å². The van der Waals surface area contributed by atoms with Gasteiger partial charge >= 0.3 is 6.18 Å². The number of hydrogen-bond acceptors (Lipinski definition) is 5. The number of methoxy groups -OCH3 is 1. The van der Waals surface area contributed by atoms with Gasteiger partial charge < -0.3 is 30.2 Å². The van der Waals surface area contributed by atoms with E-state index in [4.69, 9.17) is 4.74 Å². The molecule has 2 aromatic carbocycles. The highest BCUT2D eigenvalue weighted by Gasteiger charge is 2.31. The Kier molecular flexibility index (Phi) is 8.55. The number of hydrogen-bond donors (Lipinski definition) is 3. The van der Waals surface area contributed by atoms with Crippen LogP contribution in [0.3, 0.4) is 0 Å². The molecule has 1 saturated heterocycles. The standard InChI is InChI=1S/C28H31F4N5O2/c1-33-27(38)18-9-10-24(26(14-18)39-3)34-12-5-6-19-15-20-22(35-23-11-13-36(2)16-21(23)29)7-4-8-25(20)37(19)17-28(30,31)32/h4,7-10,14-15,21,23,34-35H,11-13,16-17H2,1-3H3,(H,33,38)/t21-,23+/m1/s1. The van der Waals surface area contributed by atoms with Gasteiger partial charge in [0.1, 0.15) is 18.5 Å². The number of halogens is 4.